The first kappa shape index (κ1) is 15.6. The van der Waals surface area contributed by atoms with Gasteiger partial charge in [0, 0.05) is 11.6 Å². The summed E-state index contributed by atoms with van der Waals surface area (Å²) in [5.74, 6) is 2.01. The maximum atomic E-state index is 10.6. The van der Waals surface area contributed by atoms with E-state index in [0.717, 1.165) is 11.8 Å². The predicted octanol–water partition coefficient (Wildman–Crippen LogP) is 3.61. The molecular formula is C18H18O4. The van der Waals surface area contributed by atoms with Gasteiger partial charge in [-0.25, -0.2) is 0 Å². The molecule has 2 rings (SSSR count). The fraction of sp³-hybridized carbons (Fsp3) is 0.167. The lowest BCUT2D eigenvalue weighted by molar-refractivity contribution is 0.112. The van der Waals surface area contributed by atoms with E-state index in [0.29, 0.717) is 29.4 Å². The largest absolute Gasteiger partial charge is 0.493 e. The zero-order valence-corrected chi connectivity index (χ0v) is 12.6. The van der Waals surface area contributed by atoms with Crippen LogP contribution in [0.4, 0.5) is 0 Å². The van der Waals surface area contributed by atoms with Gasteiger partial charge in [0.15, 0.2) is 11.5 Å². The molecule has 0 bridgehead atoms. The fourth-order valence-corrected chi connectivity index (χ4v) is 1.92. The van der Waals surface area contributed by atoms with Crippen LogP contribution in [0.2, 0.25) is 0 Å². The van der Waals surface area contributed by atoms with Crippen LogP contribution in [0.1, 0.15) is 15.9 Å². The van der Waals surface area contributed by atoms with Crippen LogP contribution in [-0.4, -0.2) is 27.1 Å². The third kappa shape index (κ3) is 4.12. The number of benzene rings is 2. The summed E-state index contributed by atoms with van der Waals surface area (Å²) in [4.78, 5) is 10.6. The molecule has 0 aromatic heterocycles. The molecule has 0 unspecified atom stereocenters. The van der Waals surface area contributed by atoms with E-state index in [1.165, 1.54) is 0 Å². The molecule has 0 spiro atoms. The SMILES string of the molecule is COc1ccc(OC/C=C/c2ccc(C=O)cc2)cc1OC. The highest BCUT2D eigenvalue weighted by molar-refractivity contribution is 5.75. The first-order valence-electron chi connectivity index (χ1n) is 6.83. The molecule has 114 valence electrons. The zero-order chi connectivity index (χ0) is 15.8. The molecule has 4 nitrogen and oxygen atoms in total. The van der Waals surface area contributed by atoms with Crippen LogP contribution < -0.4 is 14.2 Å². The molecule has 0 amide bonds. The molecule has 0 aliphatic rings. The number of hydrogen-bond acceptors (Lipinski definition) is 4. The second kappa shape index (κ2) is 7.88. The molecule has 0 fully saturated rings. The Morgan fingerprint density at radius 1 is 0.909 bits per heavy atom. The summed E-state index contributed by atoms with van der Waals surface area (Å²) in [7, 11) is 3.18. The summed E-state index contributed by atoms with van der Waals surface area (Å²) >= 11 is 0. The van der Waals surface area contributed by atoms with Crippen molar-refractivity contribution in [1.29, 1.82) is 0 Å². The molecule has 0 saturated carbocycles. The summed E-state index contributed by atoms with van der Waals surface area (Å²) < 4.78 is 16.0. The van der Waals surface area contributed by atoms with Gasteiger partial charge in [-0.1, -0.05) is 30.3 Å². The van der Waals surface area contributed by atoms with Crippen molar-refractivity contribution in [2.45, 2.75) is 0 Å². The van der Waals surface area contributed by atoms with Crippen molar-refractivity contribution in [2.75, 3.05) is 20.8 Å². The van der Waals surface area contributed by atoms with Crippen LogP contribution in [0, 0.1) is 0 Å². The van der Waals surface area contributed by atoms with Gasteiger partial charge in [-0.3, -0.25) is 4.79 Å². The second-order valence-corrected chi connectivity index (χ2v) is 4.51. The normalized spacial score (nSPS) is 10.5. The lowest BCUT2D eigenvalue weighted by Crippen LogP contribution is -1.95. The van der Waals surface area contributed by atoms with E-state index in [-0.39, 0.29) is 0 Å². The standard InChI is InChI=1S/C18H18O4/c1-20-17-10-9-16(12-18(17)21-2)22-11-3-4-14-5-7-15(13-19)8-6-14/h3-10,12-13H,11H2,1-2H3/b4-3+. The van der Waals surface area contributed by atoms with Crippen LogP contribution in [0.15, 0.2) is 48.5 Å². The highest BCUT2D eigenvalue weighted by atomic mass is 16.5. The first-order chi connectivity index (χ1) is 10.8. The number of aldehydes is 1. The lowest BCUT2D eigenvalue weighted by atomic mass is 10.1. The average Bonchev–Trinajstić information content (AvgIpc) is 2.59. The average molecular weight is 298 g/mol. The Kier molecular flexibility index (Phi) is 5.60. The van der Waals surface area contributed by atoms with Crippen LogP contribution in [0.25, 0.3) is 6.08 Å². The minimum absolute atomic E-state index is 0.435. The Labute approximate surface area is 129 Å². The van der Waals surface area contributed by atoms with Crippen LogP contribution in [-0.2, 0) is 0 Å². The quantitative estimate of drug-likeness (QED) is 0.733. The van der Waals surface area contributed by atoms with Gasteiger partial charge in [-0.05, 0) is 23.8 Å². The second-order valence-electron chi connectivity index (χ2n) is 4.51. The molecule has 0 aliphatic heterocycles. The Balaban J connectivity index is 1.92. The molecule has 0 radical (unpaired) electrons. The molecule has 0 N–H and O–H groups in total. The summed E-state index contributed by atoms with van der Waals surface area (Å²) in [6, 6.07) is 12.7. The topological polar surface area (TPSA) is 44.8 Å². The minimum atomic E-state index is 0.435. The lowest BCUT2D eigenvalue weighted by Gasteiger charge is -2.09. The van der Waals surface area contributed by atoms with E-state index in [1.807, 2.05) is 30.4 Å². The van der Waals surface area contributed by atoms with Gasteiger partial charge >= 0.3 is 0 Å². The highest BCUT2D eigenvalue weighted by Crippen LogP contribution is 2.30. The highest BCUT2D eigenvalue weighted by Gasteiger charge is 2.04. The summed E-state index contributed by atoms with van der Waals surface area (Å²) in [5, 5.41) is 0. The van der Waals surface area contributed by atoms with Gasteiger partial charge in [0.2, 0.25) is 0 Å². The van der Waals surface area contributed by atoms with Crippen molar-refractivity contribution in [1.82, 2.24) is 0 Å². The number of carbonyl (C=O) groups is 1. The number of ether oxygens (including phenoxy) is 3. The summed E-state index contributed by atoms with van der Waals surface area (Å²) in [6.07, 6.45) is 4.68. The van der Waals surface area contributed by atoms with Gasteiger partial charge in [0.05, 0.1) is 14.2 Å². The molecule has 0 heterocycles. The van der Waals surface area contributed by atoms with Crippen molar-refractivity contribution in [3.05, 3.63) is 59.7 Å². The molecule has 0 aliphatic carbocycles. The van der Waals surface area contributed by atoms with Crippen molar-refractivity contribution >= 4 is 12.4 Å². The number of hydrogen-bond donors (Lipinski definition) is 0. The van der Waals surface area contributed by atoms with E-state index in [9.17, 15) is 4.79 Å². The van der Waals surface area contributed by atoms with Gasteiger partial charge in [0.25, 0.3) is 0 Å². The van der Waals surface area contributed by atoms with Crippen LogP contribution >= 0.6 is 0 Å². The Morgan fingerprint density at radius 3 is 2.23 bits per heavy atom. The molecule has 2 aromatic rings. The molecule has 2 aromatic carbocycles. The summed E-state index contributed by atoms with van der Waals surface area (Å²) in [5.41, 5.74) is 1.68. The third-order valence-corrected chi connectivity index (χ3v) is 3.08. The molecule has 22 heavy (non-hydrogen) atoms. The Hall–Kier alpha value is -2.75. The molecule has 0 saturated heterocycles. The monoisotopic (exact) mass is 298 g/mol. The van der Waals surface area contributed by atoms with Crippen LogP contribution in [0.3, 0.4) is 0 Å². The fourth-order valence-electron chi connectivity index (χ4n) is 1.92. The minimum Gasteiger partial charge on any atom is -0.493 e. The first-order valence-corrected chi connectivity index (χ1v) is 6.83. The maximum absolute atomic E-state index is 10.6. The third-order valence-electron chi connectivity index (χ3n) is 3.08. The number of carbonyl (C=O) groups excluding carboxylic acids is 1. The number of rotatable bonds is 7. The van der Waals surface area contributed by atoms with Gasteiger partial charge in [-0.15, -0.1) is 0 Å². The van der Waals surface area contributed by atoms with E-state index >= 15 is 0 Å². The van der Waals surface area contributed by atoms with E-state index < -0.39 is 0 Å². The smallest absolute Gasteiger partial charge is 0.164 e. The van der Waals surface area contributed by atoms with Gasteiger partial charge < -0.3 is 14.2 Å². The van der Waals surface area contributed by atoms with Crippen molar-refractivity contribution in [2.24, 2.45) is 0 Å². The summed E-state index contributed by atoms with van der Waals surface area (Å²) in [6.45, 7) is 0.435. The van der Waals surface area contributed by atoms with Gasteiger partial charge in [0.1, 0.15) is 18.6 Å². The zero-order valence-electron chi connectivity index (χ0n) is 12.6. The Morgan fingerprint density at radius 2 is 1.59 bits per heavy atom. The maximum Gasteiger partial charge on any atom is 0.164 e. The van der Waals surface area contributed by atoms with Gasteiger partial charge in [-0.2, -0.15) is 0 Å². The van der Waals surface area contributed by atoms with E-state index in [2.05, 4.69) is 0 Å². The Bertz CT molecular complexity index is 645. The predicted molar refractivity (Wildman–Crippen MR) is 85.9 cm³/mol. The van der Waals surface area contributed by atoms with Crippen molar-refractivity contribution in [3.8, 4) is 17.2 Å². The van der Waals surface area contributed by atoms with E-state index in [4.69, 9.17) is 14.2 Å². The van der Waals surface area contributed by atoms with Crippen molar-refractivity contribution in [3.63, 3.8) is 0 Å². The van der Waals surface area contributed by atoms with Crippen molar-refractivity contribution < 1.29 is 19.0 Å². The van der Waals surface area contributed by atoms with Crippen LogP contribution in [0.5, 0.6) is 17.2 Å². The number of methoxy groups -OCH3 is 2. The molecule has 4 heteroatoms. The van der Waals surface area contributed by atoms with E-state index in [1.54, 1.807) is 38.5 Å². The molecular weight excluding hydrogens is 280 g/mol. The molecule has 0 atom stereocenters.